The van der Waals surface area contributed by atoms with Gasteiger partial charge in [0.05, 0.1) is 13.1 Å². The maximum Gasteiger partial charge on any atom is 0.332 e. The maximum absolute atomic E-state index is 13.6. The summed E-state index contributed by atoms with van der Waals surface area (Å²) >= 11 is 11.9. The van der Waals surface area contributed by atoms with Crippen molar-refractivity contribution in [2.75, 3.05) is 10.6 Å². The molecule has 2 saturated heterocycles. The second-order valence-corrected chi connectivity index (χ2v) is 20.5. The lowest BCUT2D eigenvalue weighted by atomic mass is 10.0. The molecule has 10 N–H and O–H groups in total. The fourth-order valence-electron chi connectivity index (χ4n) is 9.73. The van der Waals surface area contributed by atoms with Crippen molar-refractivity contribution in [1.29, 1.82) is 0 Å². The Hall–Kier alpha value is -9.60. The molecule has 0 saturated carbocycles. The minimum Gasteiger partial charge on any atom is -0.443 e. The number of benzene rings is 6. The summed E-state index contributed by atoms with van der Waals surface area (Å²) in [5.74, 6) is -3.38. The highest BCUT2D eigenvalue weighted by Gasteiger charge is 2.39. The molecule has 0 aliphatic carbocycles. The largest absolute Gasteiger partial charge is 0.443 e. The van der Waals surface area contributed by atoms with Gasteiger partial charge in [-0.2, -0.15) is 0 Å². The number of halogens is 2. The molecule has 2 fully saturated rings. The number of hydrogen-bond donors (Lipinski definition) is 8. The van der Waals surface area contributed by atoms with Crippen molar-refractivity contribution >= 4 is 104 Å². The SMILES string of the molecule is NC(Cc1c[nH]c2ccc(CC3NC(=O)N(Cc4cccc(C(=O)Nc5ccc(Cl)cc5)c4)C3=O)cc12)OC(=O)/C=C\C(=O)OC(N)Cc1c[nH]c2ccc(CC3NC(=O)N(Cc4cccc(C(=O)Nc5ccc(Cl)cc5)c4)C3=O)cc12. The average molecular weight is 1140 g/mol. The van der Waals surface area contributed by atoms with Gasteiger partial charge in [-0.3, -0.25) is 40.4 Å². The molecule has 4 heterocycles. The second kappa shape index (κ2) is 24.4. The molecule has 8 amide bonds. The highest BCUT2D eigenvalue weighted by atomic mass is 35.5. The third kappa shape index (κ3) is 13.3. The van der Waals surface area contributed by atoms with Gasteiger partial charge in [0.15, 0.2) is 12.5 Å². The quantitative estimate of drug-likeness (QED) is 0.0157. The molecular weight excluding hydrogens is 1090 g/mol. The normalized spacial score (nSPS) is 15.9. The monoisotopic (exact) mass is 1140 g/mol. The van der Waals surface area contributed by atoms with Crippen molar-refractivity contribution in [2.45, 2.75) is 63.3 Å². The van der Waals surface area contributed by atoms with Gasteiger partial charge in [0.25, 0.3) is 23.6 Å². The third-order valence-corrected chi connectivity index (χ3v) is 14.3. The predicted molar refractivity (Wildman–Crippen MR) is 306 cm³/mol. The Labute approximate surface area is 478 Å². The first-order valence-electron chi connectivity index (χ1n) is 25.8. The van der Waals surface area contributed by atoms with Crippen molar-refractivity contribution in [3.63, 3.8) is 0 Å². The van der Waals surface area contributed by atoms with E-state index < -0.39 is 60.4 Å². The van der Waals surface area contributed by atoms with Crippen molar-refractivity contribution < 1.29 is 47.8 Å². The number of ether oxygens (including phenoxy) is 2. The number of anilines is 2. The second-order valence-electron chi connectivity index (χ2n) is 19.7. The number of aromatic amines is 2. The number of aromatic nitrogens is 2. The van der Waals surface area contributed by atoms with Gasteiger partial charge < -0.3 is 40.7 Å². The Morgan fingerprint density at radius 1 is 0.537 bits per heavy atom. The van der Waals surface area contributed by atoms with E-state index in [1.54, 1.807) is 109 Å². The van der Waals surface area contributed by atoms with Gasteiger partial charge in [0, 0.05) is 105 Å². The lowest BCUT2D eigenvalue weighted by molar-refractivity contribution is -0.145. The molecule has 2 aliphatic heterocycles. The zero-order chi connectivity index (χ0) is 57.6. The summed E-state index contributed by atoms with van der Waals surface area (Å²) in [5.41, 5.74) is 19.9. The standard InChI is InChI=1S/C60H52Cl2N10O10/c61-41-9-13-43(14-10-41)67-55(75)37-5-1-3-35(21-37)31-71-57(77)49(69-59(71)79)25-33-7-17-47-45(23-33)39(29-65-47)27-51(63)81-53(73)19-20-54(74)82-52(64)28-40-30-66-48-18-8-34(24-46(40)48)26-50-58(78)72(60(80)70-50)32-36-4-2-6-38(22-36)56(76)68-44-15-11-42(62)12-16-44/h1-24,29-30,49-52,65-66H,25-28,31-32,63-64H2,(H,67,75)(H,68,76)(H,69,79)(H,70,80)/b20-19-. The van der Waals surface area contributed by atoms with Crippen LogP contribution in [-0.4, -0.2) is 91.9 Å². The lowest BCUT2D eigenvalue weighted by Gasteiger charge is -2.14. The minimum atomic E-state index is -1.12. The molecule has 8 aromatic rings. The molecule has 20 nitrogen and oxygen atoms in total. The highest BCUT2D eigenvalue weighted by Crippen LogP contribution is 2.27. The third-order valence-electron chi connectivity index (χ3n) is 13.8. The number of nitrogens with zero attached hydrogens (tertiary/aromatic N) is 2. The first-order chi connectivity index (χ1) is 39.5. The molecule has 22 heteroatoms. The van der Waals surface area contributed by atoms with Crippen LogP contribution in [0.3, 0.4) is 0 Å². The molecule has 82 heavy (non-hydrogen) atoms. The van der Waals surface area contributed by atoms with Crippen LogP contribution < -0.4 is 32.7 Å². The number of amides is 8. The molecule has 2 aliphatic rings. The summed E-state index contributed by atoms with van der Waals surface area (Å²) in [5, 5.41) is 13.7. The minimum absolute atomic E-state index is 0.0459. The number of imide groups is 2. The summed E-state index contributed by atoms with van der Waals surface area (Å²) in [6, 6.07) is 34.9. The number of nitrogens with one attached hydrogen (secondary N) is 6. The Morgan fingerprint density at radius 2 is 0.939 bits per heavy atom. The number of carbonyl (C=O) groups excluding carboxylic acids is 8. The van der Waals surface area contributed by atoms with Gasteiger partial charge in [0.2, 0.25) is 0 Å². The van der Waals surface area contributed by atoms with Crippen LogP contribution in [0.5, 0.6) is 0 Å². The Bertz CT molecular complexity index is 3600. The fourth-order valence-corrected chi connectivity index (χ4v) is 9.99. The highest BCUT2D eigenvalue weighted by molar-refractivity contribution is 6.31. The van der Waals surface area contributed by atoms with E-state index in [4.69, 9.17) is 44.1 Å². The summed E-state index contributed by atoms with van der Waals surface area (Å²) < 4.78 is 10.8. The van der Waals surface area contributed by atoms with Crippen LogP contribution in [-0.2, 0) is 67.4 Å². The molecule has 6 aromatic carbocycles. The smallest absolute Gasteiger partial charge is 0.332 e. The first-order valence-corrected chi connectivity index (χ1v) is 26.6. The van der Waals surface area contributed by atoms with E-state index in [1.807, 2.05) is 36.4 Å². The Kier molecular flexibility index (Phi) is 16.6. The van der Waals surface area contributed by atoms with Crippen LogP contribution in [0.2, 0.25) is 10.0 Å². The molecule has 0 radical (unpaired) electrons. The Balaban J connectivity index is 0.678. The Morgan fingerprint density at radius 3 is 1.34 bits per heavy atom. The zero-order valence-electron chi connectivity index (χ0n) is 43.5. The summed E-state index contributed by atoms with van der Waals surface area (Å²) in [4.78, 5) is 113. The van der Waals surface area contributed by atoms with Gasteiger partial charge in [0.1, 0.15) is 12.1 Å². The lowest BCUT2D eigenvalue weighted by Crippen LogP contribution is -2.32. The number of hydrogen-bond acceptors (Lipinski definition) is 12. The fraction of sp³-hybridized carbons (Fsp3) is 0.167. The number of carbonyl (C=O) groups is 8. The van der Waals surface area contributed by atoms with Crippen LogP contribution in [0.25, 0.3) is 21.8 Å². The number of fused-ring (bicyclic) bond motifs is 2. The van der Waals surface area contributed by atoms with Crippen molar-refractivity contribution in [3.8, 4) is 0 Å². The van der Waals surface area contributed by atoms with Gasteiger partial charge in [-0.25, -0.2) is 19.2 Å². The first kappa shape index (κ1) is 55.7. The van der Waals surface area contributed by atoms with Crippen LogP contribution in [0.1, 0.15) is 54.1 Å². The van der Waals surface area contributed by atoms with E-state index in [0.717, 1.165) is 54.9 Å². The van der Waals surface area contributed by atoms with Crippen LogP contribution in [0, 0.1) is 0 Å². The molecule has 10 rings (SSSR count). The average Bonchev–Trinajstić information content (AvgIpc) is 4.32. The van der Waals surface area contributed by atoms with E-state index in [2.05, 4.69) is 31.2 Å². The maximum atomic E-state index is 13.6. The van der Waals surface area contributed by atoms with Crippen LogP contribution in [0.15, 0.2) is 158 Å². The van der Waals surface area contributed by atoms with Gasteiger partial charge >= 0.3 is 24.0 Å². The van der Waals surface area contributed by atoms with E-state index in [0.29, 0.717) is 54.8 Å². The number of H-pyrrole nitrogens is 2. The van der Waals surface area contributed by atoms with Gasteiger partial charge in [-0.1, -0.05) is 59.6 Å². The van der Waals surface area contributed by atoms with Crippen molar-refractivity contribution in [3.05, 3.63) is 213 Å². The molecule has 0 spiro atoms. The van der Waals surface area contributed by atoms with E-state index in [-0.39, 0.29) is 50.6 Å². The topological polar surface area (TPSA) is 293 Å². The number of urea groups is 2. The van der Waals surface area contributed by atoms with E-state index >= 15 is 0 Å². The molecule has 0 bridgehead atoms. The van der Waals surface area contributed by atoms with Crippen molar-refractivity contribution in [2.24, 2.45) is 11.5 Å². The van der Waals surface area contributed by atoms with Crippen LogP contribution >= 0.6 is 23.2 Å². The summed E-state index contributed by atoms with van der Waals surface area (Å²) in [6.45, 7) is -0.0918. The van der Waals surface area contributed by atoms with Crippen LogP contribution in [0.4, 0.5) is 21.0 Å². The molecule has 4 atom stereocenters. The van der Waals surface area contributed by atoms with Gasteiger partial charge in [-0.05, 0) is 130 Å². The number of rotatable bonds is 20. The number of nitrogens with two attached hydrogens (primary N) is 2. The summed E-state index contributed by atoms with van der Waals surface area (Å²) in [6.07, 6.45) is 3.51. The molecule has 2 aromatic heterocycles. The molecule has 4 unspecified atom stereocenters. The zero-order valence-corrected chi connectivity index (χ0v) is 45.0. The molecular formula is C60H52Cl2N10O10. The van der Waals surface area contributed by atoms with Crippen molar-refractivity contribution in [1.82, 2.24) is 30.4 Å². The summed E-state index contributed by atoms with van der Waals surface area (Å²) in [7, 11) is 0. The molecule has 416 valence electrons. The van der Waals surface area contributed by atoms with E-state index in [1.165, 1.54) is 0 Å². The van der Waals surface area contributed by atoms with E-state index in [9.17, 15) is 38.4 Å². The van der Waals surface area contributed by atoms with Gasteiger partial charge in [-0.15, -0.1) is 0 Å². The number of esters is 2. The predicted octanol–water partition coefficient (Wildman–Crippen LogP) is 7.78.